The number of aromatic nitrogens is 8. The van der Waals surface area contributed by atoms with E-state index in [0.717, 1.165) is 16.5 Å². The Morgan fingerprint density at radius 1 is 0.948 bits per heavy atom. The second kappa shape index (κ2) is 16.3. The predicted molar refractivity (Wildman–Crippen MR) is 200 cm³/mol. The lowest BCUT2D eigenvalue weighted by atomic mass is 10.1. The van der Waals surface area contributed by atoms with Gasteiger partial charge in [-0.3, -0.25) is 42.6 Å². The van der Waals surface area contributed by atoms with Crippen LogP contribution < -0.4 is 27.2 Å². The Balaban J connectivity index is 0.983. The first-order valence-corrected chi connectivity index (χ1v) is 22.5. The third-order valence-corrected chi connectivity index (χ3v) is 14.3. The fourth-order valence-electron chi connectivity index (χ4n) is 6.48. The minimum atomic E-state index is -5.44. The third kappa shape index (κ3) is 9.30. The van der Waals surface area contributed by atoms with E-state index < -0.39 is 83.6 Å². The van der Waals surface area contributed by atoms with Crippen LogP contribution >= 0.6 is 22.4 Å². The van der Waals surface area contributed by atoms with Crippen molar-refractivity contribution in [3.63, 3.8) is 0 Å². The molecule has 6 heterocycles. The number of phosphoric ester groups is 2. The number of anilines is 2. The maximum atomic E-state index is 13.0. The highest BCUT2D eigenvalue weighted by Crippen LogP contribution is 2.68. The molecule has 9 atom stereocenters. The van der Waals surface area contributed by atoms with Crippen molar-refractivity contribution in [3.05, 3.63) is 69.3 Å². The van der Waals surface area contributed by atoms with Crippen molar-refractivity contribution in [2.75, 3.05) is 37.8 Å². The second-order valence-corrected chi connectivity index (χ2v) is 19.1. The van der Waals surface area contributed by atoms with Gasteiger partial charge in [-0.1, -0.05) is 35.3 Å². The average molecular weight is 893 g/mol. The van der Waals surface area contributed by atoms with Gasteiger partial charge in [0, 0.05) is 13.1 Å². The molecule has 58 heavy (non-hydrogen) atoms. The highest BCUT2D eigenvalue weighted by molar-refractivity contribution is 8.09. The molecule has 26 nitrogen and oxygen atoms in total. The van der Waals surface area contributed by atoms with Crippen LogP contribution in [0.25, 0.3) is 22.3 Å². The van der Waals surface area contributed by atoms with Crippen molar-refractivity contribution in [1.82, 2.24) is 39.0 Å². The number of hydrogen-bond donors (Lipinski definition) is 9. The van der Waals surface area contributed by atoms with E-state index in [1.54, 1.807) is 17.9 Å². The second-order valence-electron chi connectivity index (χ2n) is 13.1. The van der Waals surface area contributed by atoms with E-state index in [0.29, 0.717) is 6.54 Å². The lowest BCUT2D eigenvalue weighted by molar-refractivity contribution is -0.747. The van der Waals surface area contributed by atoms with Crippen LogP contribution in [0.15, 0.2) is 52.6 Å². The van der Waals surface area contributed by atoms with E-state index in [1.807, 2.05) is 35.2 Å². The van der Waals surface area contributed by atoms with Crippen molar-refractivity contribution in [2.45, 2.75) is 43.4 Å². The molecule has 2 aliphatic heterocycles. The highest BCUT2D eigenvalue weighted by Gasteiger charge is 2.47. The Morgan fingerprint density at radius 2 is 1.60 bits per heavy atom. The van der Waals surface area contributed by atoms with Gasteiger partial charge in [0.1, 0.15) is 18.3 Å². The standard InChI is InChI=1S/C28H36N11O15P3S/c1-36-13-39(23-19(36)25(43)35-28(30)33-23)17-9-37(7-14-5-3-2-4-6-14)8-15(51-17)10-49-55(44,45)53-57(48,58)54-56(46,47)50-11-16-20(40)21(41)26(52-16)38-12-31-18-22(38)32-27(29)34-24(18)42/h2-6,12-13,15-17,20-21,26,40-41H,7-11H2,1H3,(H8-,29,30,32,33,34,35,42,43,44,45,46,47,48,58)/p+1/t15?,16-,17?,20-,21-,26-,57?/m1/s1. The minimum Gasteiger partial charge on any atom is -0.387 e. The van der Waals surface area contributed by atoms with Crippen molar-refractivity contribution < 1.29 is 65.7 Å². The van der Waals surface area contributed by atoms with Crippen LogP contribution in [0.5, 0.6) is 0 Å². The first-order chi connectivity index (χ1) is 27.3. The van der Waals surface area contributed by atoms with Crippen LogP contribution in [0, 0.1) is 0 Å². The average Bonchev–Trinajstić information content (AvgIpc) is 3.78. The molecule has 0 spiro atoms. The topological polar surface area (TPSA) is 364 Å². The molecule has 2 aliphatic rings. The highest BCUT2D eigenvalue weighted by atomic mass is 32.5. The molecule has 7 rings (SSSR count). The number of nitrogens with one attached hydrogen (secondary N) is 2. The van der Waals surface area contributed by atoms with E-state index in [9.17, 15) is 43.6 Å². The number of nitrogen functional groups attached to an aromatic ring is 2. The Labute approximate surface area is 330 Å². The summed E-state index contributed by atoms with van der Waals surface area (Å²) in [7, 11) is -9.18. The number of aromatic amines is 2. The number of ether oxygens (including phenoxy) is 2. The number of aliphatic hydroxyl groups excluding tert-OH is 2. The van der Waals surface area contributed by atoms with Crippen molar-refractivity contribution in [2.24, 2.45) is 7.05 Å². The number of aliphatic hydroxyl groups is 2. The number of aryl methyl sites for hydroxylation is 1. The summed E-state index contributed by atoms with van der Waals surface area (Å²) in [6, 6.07) is 9.39. The number of H-pyrrole nitrogens is 2. The molecule has 0 bridgehead atoms. The van der Waals surface area contributed by atoms with Crippen LogP contribution in [0.2, 0.25) is 0 Å². The zero-order valence-corrected chi connectivity index (χ0v) is 33.4. The summed E-state index contributed by atoms with van der Waals surface area (Å²) in [4.78, 5) is 75.0. The molecule has 0 amide bonds. The Kier molecular flexibility index (Phi) is 11.9. The molecule has 30 heteroatoms. The number of fused-ring (bicyclic) bond motifs is 2. The molecule has 2 fully saturated rings. The number of morpholine rings is 1. The van der Waals surface area contributed by atoms with Crippen LogP contribution in [0.4, 0.5) is 11.9 Å². The molecule has 5 aromatic rings. The molecule has 2 saturated heterocycles. The fraction of sp³-hybridized carbons (Fsp3) is 0.429. The van der Waals surface area contributed by atoms with Gasteiger partial charge in [0.15, 0.2) is 29.9 Å². The summed E-state index contributed by atoms with van der Waals surface area (Å²) in [5, 5.41) is 21.2. The van der Waals surface area contributed by atoms with Gasteiger partial charge in [-0.25, -0.2) is 27.3 Å². The quantitative estimate of drug-likeness (QED) is 0.0445. The van der Waals surface area contributed by atoms with Gasteiger partial charge in [-0.15, -0.1) is 0 Å². The number of imidazole rings is 2. The molecular formula is C28H37N11O15P3S+. The van der Waals surface area contributed by atoms with Gasteiger partial charge in [0.25, 0.3) is 17.1 Å². The summed E-state index contributed by atoms with van der Waals surface area (Å²) in [6.45, 7) is -5.86. The molecule has 1 aromatic carbocycles. The van der Waals surface area contributed by atoms with E-state index in [4.69, 9.17) is 41.8 Å². The van der Waals surface area contributed by atoms with Crippen LogP contribution in [-0.4, -0.2) is 115 Å². The summed E-state index contributed by atoms with van der Waals surface area (Å²) < 4.78 is 60.9. The van der Waals surface area contributed by atoms with E-state index in [1.165, 1.54) is 4.57 Å². The normalized spacial score (nSPS) is 26.1. The van der Waals surface area contributed by atoms with Crippen molar-refractivity contribution >= 4 is 68.4 Å². The number of benzene rings is 1. The monoisotopic (exact) mass is 892 g/mol. The molecule has 4 aromatic heterocycles. The molecule has 0 aliphatic carbocycles. The first kappa shape index (κ1) is 42.3. The van der Waals surface area contributed by atoms with Gasteiger partial charge in [0.2, 0.25) is 11.5 Å². The van der Waals surface area contributed by atoms with E-state index in [2.05, 4.69) is 33.5 Å². The van der Waals surface area contributed by atoms with Crippen LogP contribution in [-0.2, 0) is 61.7 Å². The summed E-state index contributed by atoms with van der Waals surface area (Å²) >= 11 is 4.71. The maximum absolute atomic E-state index is 13.0. The smallest absolute Gasteiger partial charge is 0.387 e. The van der Waals surface area contributed by atoms with Gasteiger partial charge in [-0.05, 0) is 17.4 Å². The van der Waals surface area contributed by atoms with E-state index in [-0.39, 0.29) is 47.3 Å². The number of nitrogens with two attached hydrogens (primary N) is 2. The van der Waals surface area contributed by atoms with Crippen LogP contribution in [0.3, 0.4) is 0 Å². The Morgan fingerprint density at radius 3 is 2.31 bits per heavy atom. The molecule has 11 N–H and O–H groups in total. The molecule has 0 radical (unpaired) electrons. The van der Waals surface area contributed by atoms with Gasteiger partial charge in [0.05, 0.1) is 39.2 Å². The van der Waals surface area contributed by atoms with Gasteiger partial charge >= 0.3 is 28.0 Å². The number of phosphoric acid groups is 2. The fourth-order valence-corrected chi connectivity index (χ4v) is 11.5. The maximum Gasteiger partial charge on any atom is 0.479 e. The first-order valence-electron chi connectivity index (χ1n) is 16.9. The SMILES string of the molecule is Cn1c[n+](C2CN(Cc3ccccc3)CC(COP(=O)(O)OP(O)(=S)OP(=O)(O)OC[C@H]3O[C@@H](n4cnc5c(=O)[nH]c(N)nc54)[C@H](O)[C@@H]3O)O2)c2nc(N)[nH]c(=O)c21. The summed E-state index contributed by atoms with van der Waals surface area (Å²) in [5.41, 5.74) is 11.3. The van der Waals surface area contributed by atoms with Crippen molar-refractivity contribution in [1.29, 1.82) is 0 Å². The minimum absolute atomic E-state index is 0.104. The van der Waals surface area contributed by atoms with Gasteiger partial charge in [-0.2, -0.15) is 4.98 Å². The lowest BCUT2D eigenvalue weighted by Crippen LogP contribution is -2.55. The molecule has 314 valence electrons. The van der Waals surface area contributed by atoms with Crippen molar-refractivity contribution in [3.8, 4) is 0 Å². The van der Waals surface area contributed by atoms with Crippen LogP contribution in [0.1, 0.15) is 18.0 Å². The molecule has 0 saturated carbocycles. The third-order valence-electron chi connectivity index (χ3n) is 8.87. The molecular weight excluding hydrogens is 855 g/mol. The number of hydrogen-bond acceptors (Lipinski definition) is 19. The number of rotatable bonds is 14. The summed E-state index contributed by atoms with van der Waals surface area (Å²) in [6.07, 6.45) is -5.51. The van der Waals surface area contributed by atoms with E-state index >= 15 is 0 Å². The largest absolute Gasteiger partial charge is 0.479 e. The Hall–Kier alpha value is -3.85. The zero-order valence-electron chi connectivity index (χ0n) is 29.9. The Bertz CT molecular complexity index is 2590. The number of nitrogens with zero attached hydrogens (tertiary/aromatic N) is 7. The van der Waals surface area contributed by atoms with Gasteiger partial charge < -0.3 is 45.8 Å². The summed E-state index contributed by atoms with van der Waals surface area (Å²) in [5.74, 6) is -0.404. The lowest BCUT2D eigenvalue weighted by Gasteiger charge is -2.37. The zero-order chi connectivity index (χ0) is 41.7. The predicted octanol–water partition coefficient (Wildman–Crippen LogP) is -1.65. The molecule has 5 unspecified atom stereocenters.